The Morgan fingerprint density at radius 2 is 2.14 bits per heavy atom. The zero-order valence-corrected chi connectivity index (χ0v) is 12.6. The van der Waals surface area contributed by atoms with Crippen LogP contribution >= 0.6 is 23.2 Å². The number of hydrogen-bond donors (Lipinski definition) is 2. The number of rotatable bonds is 3. The Labute approximate surface area is 135 Å². The van der Waals surface area contributed by atoms with Crippen LogP contribution in [-0.4, -0.2) is 21.8 Å². The molecule has 2 heterocycles. The predicted octanol–water partition coefficient (Wildman–Crippen LogP) is 2.80. The average molecular weight is 337 g/mol. The largest absolute Gasteiger partial charge is 0.375 e. The Morgan fingerprint density at radius 3 is 2.82 bits per heavy atom. The van der Waals surface area contributed by atoms with Crippen molar-refractivity contribution in [2.24, 2.45) is 0 Å². The molecule has 1 aliphatic heterocycles. The van der Waals surface area contributed by atoms with Crippen LogP contribution in [0.1, 0.15) is 22.3 Å². The second-order valence-corrected chi connectivity index (χ2v) is 5.81. The van der Waals surface area contributed by atoms with Crippen LogP contribution in [0.5, 0.6) is 0 Å². The molecule has 1 atom stereocenters. The first-order valence-corrected chi connectivity index (χ1v) is 7.14. The molecule has 1 aliphatic rings. The molecular weight excluding hydrogens is 327 g/mol. The summed E-state index contributed by atoms with van der Waals surface area (Å²) in [5, 5.41) is 13.7. The monoisotopic (exact) mass is 336 g/mol. The lowest BCUT2D eigenvalue weighted by Crippen LogP contribution is -2.36. The summed E-state index contributed by atoms with van der Waals surface area (Å²) < 4.78 is 0. The van der Waals surface area contributed by atoms with Crippen molar-refractivity contribution in [1.29, 1.82) is 0 Å². The number of hydrogen-bond acceptors (Lipinski definition) is 4. The Kier molecular flexibility index (Phi) is 3.64. The molecule has 1 amide bonds. The third-order valence-electron chi connectivity index (χ3n) is 3.49. The van der Waals surface area contributed by atoms with Crippen molar-refractivity contribution in [3.63, 3.8) is 0 Å². The summed E-state index contributed by atoms with van der Waals surface area (Å²) in [6.07, 6.45) is 2.48. The molecule has 0 fully saturated rings. The molecule has 0 saturated heterocycles. The molecule has 0 spiro atoms. The Bertz CT molecular complexity index is 780. The standard InChI is InChI=1S/C15H10Cl2N2O3/c16-9-4-10(17)13-11(5-9)19-14(21)15(13,22)6-12(20)8-2-1-3-18-7-8/h1-5,7,22H,6H2,(H,19,21)/t15-/m0/s1. The van der Waals surface area contributed by atoms with Crippen LogP contribution in [0, 0.1) is 0 Å². The van der Waals surface area contributed by atoms with Gasteiger partial charge in [-0.2, -0.15) is 0 Å². The van der Waals surface area contributed by atoms with Gasteiger partial charge in [0.15, 0.2) is 11.4 Å². The van der Waals surface area contributed by atoms with Gasteiger partial charge < -0.3 is 10.4 Å². The van der Waals surface area contributed by atoms with Crippen molar-refractivity contribution in [2.75, 3.05) is 5.32 Å². The first-order valence-electron chi connectivity index (χ1n) is 6.38. The van der Waals surface area contributed by atoms with E-state index in [9.17, 15) is 14.7 Å². The van der Waals surface area contributed by atoms with Crippen LogP contribution in [0.15, 0.2) is 36.7 Å². The molecule has 1 aromatic heterocycles. The highest BCUT2D eigenvalue weighted by atomic mass is 35.5. The van der Waals surface area contributed by atoms with E-state index in [0.29, 0.717) is 16.3 Å². The van der Waals surface area contributed by atoms with Gasteiger partial charge >= 0.3 is 0 Å². The van der Waals surface area contributed by atoms with Crippen molar-refractivity contribution >= 4 is 40.6 Å². The number of Topliss-reactive ketones (excluding diaryl/α,β-unsaturated/α-hetero) is 1. The normalized spacial score (nSPS) is 19.7. The number of aliphatic hydroxyl groups is 1. The molecule has 0 bridgehead atoms. The van der Waals surface area contributed by atoms with E-state index in [0.717, 1.165) is 0 Å². The molecule has 2 aromatic rings. The first-order chi connectivity index (χ1) is 10.4. The highest BCUT2D eigenvalue weighted by Crippen LogP contribution is 2.44. The van der Waals surface area contributed by atoms with Crippen LogP contribution in [-0.2, 0) is 10.4 Å². The summed E-state index contributed by atoms with van der Waals surface area (Å²) in [6, 6.07) is 6.07. The number of benzene rings is 1. The average Bonchev–Trinajstić information content (AvgIpc) is 2.70. The smallest absolute Gasteiger partial charge is 0.261 e. The number of halogens is 2. The fraction of sp³-hybridized carbons (Fsp3) is 0.133. The molecule has 0 radical (unpaired) electrons. The minimum Gasteiger partial charge on any atom is -0.375 e. The molecule has 0 aliphatic carbocycles. The maximum atomic E-state index is 12.3. The molecule has 3 rings (SSSR count). The Morgan fingerprint density at radius 1 is 1.36 bits per heavy atom. The van der Waals surface area contributed by atoms with Gasteiger partial charge in [0, 0.05) is 28.5 Å². The number of pyridine rings is 1. The van der Waals surface area contributed by atoms with Gasteiger partial charge in [-0.25, -0.2) is 0 Å². The van der Waals surface area contributed by atoms with E-state index in [1.807, 2.05) is 0 Å². The van der Waals surface area contributed by atoms with E-state index in [-0.39, 0.29) is 10.6 Å². The molecule has 0 saturated carbocycles. The van der Waals surface area contributed by atoms with Crippen molar-refractivity contribution < 1.29 is 14.7 Å². The minimum absolute atomic E-state index is 0.127. The number of aromatic nitrogens is 1. The lowest BCUT2D eigenvalue weighted by atomic mass is 9.88. The molecule has 0 unspecified atom stereocenters. The van der Waals surface area contributed by atoms with Gasteiger partial charge in [-0.1, -0.05) is 23.2 Å². The summed E-state index contributed by atoms with van der Waals surface area (Å²) in [5.41, 5.74) is -1.24. The number of amides is 1. The number of nitrogens with zero attached hydrogens (tertiary/aromatic N) is 1. The summed E-state index contributed by atoms with van der Waals surface area (Å²) in [5.74, 6) is -1.12. The Balaban J connectivity index is 2.01. The third kappa shape index (κ3) is 2.37. The molecule has 22 heavy (non-hydrogen) atoms. The van der Waals surface area contributed by atoms with Crippen molar-refractivity contribution in [3.05, 3.63) is 57.8 Å². The van der Waals surface area contributed by atoms with Gasteiger partial charge in [-0.05, 0) is 24.3 Å². The second kappa shape index (κ2) is 5.35. The van der Waals surface area contributed by atoms with Crippen LogP contribution in [0.25, 0.3) is 0 Å². The number of nitrogens with one attached hydrogen (secondary N) is 1. The maximum Gasteiger partial charge on any atom is 0.261 e. The minimum atomic E-state index is -2.02. The van der Waals surface area contributed by atoms with Crippen LogP contribution in [0.2, 0.25) is 10.0 Å². The topological polar surface area (TPSA) is 79.3 Å². The lowest BCUT2D eigenvalue weighted by Gasteiger charge is -2.21. The van der Waals surface area contributed by atoms with E-state index in [2.05, 4.69) is 10.3 Å². The highest BCUT2D eigenvalue weighted by molar-refractivity contribution is 6.36. The van der Waals surface area contributed by atoms with Gasteiger partial charge in [0.2, 0.25) is 0 Å². The van der Waals surface area contributed by atoms with E-state index in [4.69, 9.17) is 23.2 Å². The third-order valence-corrected chi connectivity index (χ3v) is 4.01. The summed E-state index contributed by atoms with van der Waals surface area (Å²) in [6.45, 7) is 0. The van der Waals surface area contributed by atoms with E-state index < -0.39 is 23.7 Å². The number of ketones is 1. The fourth-order valence-electron chi connectivity index (χ4n) is 2.46. The van der Waals surface area contributed by atoms with Gasteiger partial charge in [-0.3, -0.25) is 14.6 Å². The van der Waals surface area contributed by atoms with Crippen LogP contribution < -0.4 is 5.32 Å². The molecular formula is C15H10Cl2N2O3. The number of fused-ring (bicyclic) bond motifs is 1. The number of carbonyl (C=O) groups excluding carboxylic acids is 2. The van der Waals surface area contributed by atoms with E-state index >= 15 is 0 Å². The number of anilines is 1. The molecule has 7 heteroatoms. The quantitative estimate of drug-likeness (QED) is 0.844. The van der Waals surface area contributed by atoms with Gasteiger partial charge in [0.25, 0.3) is 5.91 Å². The zero-order valence-electron chi connectivity index (χ0n) is 11.1. The Hall–Kier alpha value is -1.95. The molecule has 5 nitrogen and oxygen atoms in total. The van der Waals surface area contributed by atoms with Crippen molar-refractivity contribution in [3.8, 4) is 0 Å². The summed E-state index contributed by atoms with van der Waals surface area (Å²) >= 11 is 12.0. The molecule has 2 N–H and O–H groups in total. The maximum absolute atomic E-state index is 12.3. The SMILES string of the molecule is O=C(C[C@@]1(O)C(=O)Nc2cc(Cl)cc(Cl)c21)c1cccnc1. The van der Waals surface area contributed by atoms with Crippen molar-refractivity contribution in [1.82, 2.24) is 4.98 Å². The second-order valence-electron chi connectivity index (χ2n) is 4.97. The van der Waals surface area contributed by atoms with Gasteiger partial charge in [0.1, 0.15) is 0 Å². The number of carbonyl (C=O) groups is 2. The lowest BCUT2D eigenvalue weighted by molar-refractivity contribution is -0.133. The summed E-state index contributed by atoms with van der Waals surface area (Å²) in [7, 11) is 0. The van der Waals surface area contributed by atoms with Gasteiger partial charge in [0.05, 0.1) is 17.1 Å². The fourth-order valence-corrected chi connectivity index (χ4v) is 3.11. The van der Waals surface area contributed by atoms with E-state index in [1.165, 1.54) is 24.5 Å². The first kappa shape index (κ1) is 15.0. The zero-order chi connectivity index (χ0) is 15.9. The summed E-state index contributed by atoms with van der Waals surface area (Å²) in [4.78, 5) is 28.3. The van der Waals surface area contributed by atoms with Crippen LogP contribution in [0.3, 0.4) is 0 Å². The molecule has 1 aromatic carbocycles. The molecule has 112 valence electrons. The van der Waals surface area contributed by atoms with Crippen LogP contribution in [0.4, 0.5) is 5.69 Å². The van der Waals surface area contributed by atoms with Gasteiger partial charge in [-0.15, -0.1) is 0 Å². The van der Waals surface area contributed by atoms with Crippen molar-refractivity contribution in [2.45, 2.75) is 12.0 Å². The van der Waals surface area contributed by atoms with E-state index in [1.54, 1.807) is 12.1 Å². The highest BCUT2D eigenvalue weighted by Gasteiger charge is 2.48. The predicted molar refractivity (Wildman–Crippen MR) is 82.2 cm³/mol.